The molecule has 2 N–H and O–H groups in total. The van der Waals surface area contributed by atoms with Crippen LogP contribution in [0.1, 0.15) is 42.1 Å². The summed E-state index contributed by atoms with van der Waals surface area (Å²) in [7, 11) is 0. The number of carbonyl (C=O) groups is 2. The van der Waals surface area contributed by atoms with Crippen molar-refractivity contribution < 1.29 is 24.2 Å². The Hall–Kier alpha value is -3.02. The zero-order valence-electron chi connectivity index (χ0n) is 14.9. The Kier molecular flexibility index (Phi) is 7.02. The molecule has 0 aliphatic carbocycles. The Labute approximate surface area is 152 Å². The van der Waals surface area contributed by atoms with Gasteiger partial charge in [0.2, 0.25) is 0 Å². The van der Waals surface area contributed by atoms with E-state index in [0.29, 0.717) is 5.92 Å². The molecule has 1 atom stereocenters. The molecule has 0 saturated carbocycles. The van der Waals surface area contributed by atoms with E-state index in [-0.39, 0.29) is 24.5 Å². The molecule has 2 rings (SSSR count). The van der Waals surface area contributed by atoms with Gasteiger partial charge in [-0.2, -0.15) is 0 Å². The molecule has 138 valence electrons. The van der Waals surface area contributed by atoms with E-state index in [1.165, 1.54) is 12.1 Å². The molecule has 0 aliphatic heterocycles. The van der Waals surface area contributed by atoms with Crippen LogP contribution in [0.25, 0.3) is 0 Å². The van der Waals surface area contributed by atoms with E-state index >= 15 is 0 Å². The Morgan fingerprint density at radius 1 is 1.08 bits per heavy atom. The molecule has 6 heteroatoms. The lowest BCUT2D eigenvalue weighted by atomic mass is 9.98. The van der Waals surface area contributed by atoms with Gasteiger partial charge in [-0.05, 0) is 36.1 Å². The molecule has 2 aromatic carbocycles. The van der Waals surface area contributed by atoms with Crippen LogP contribution in [-0.4, -0.2) is 30.4 Å². The number of aromatic carboxylic acids is 1. The molecular formula is C20H23NO5. The minimum atomic E-state index is -1.12. The van der Waals surface area contributed by atoms with Gasteiger partial charge in [0.1, 0.15) is 19.0 Å². The third kappa shape index (κ3) is 5.24. The second kappa shape index (κ2) is 9.46. The molecule has 2 aromatic rings. The molecule has 0 spiro atoms. The van der Waals surface area contributed by atoms with Gasteiger partial charge in [-0.25, -0.2) is 9.59 Å². The van der Waals surface area contributed by atoms with Crippen molar-refractivity contribution in [3.63, 3.8) is 0 Å². The summed E-state index contributed by atoms with van der Waals surface area (Å²) in [5, 5.41) is 11.5. The predicted octanol–water partition coefficient (Wildman–Crippen LogP) is 4.53. The fourth-order valence-corrected chi connectivity index (χ4v) is 2.45. The summed E-state index contributed by atoms with van der Waals surface area (Å²) >= 11 is 0. The van der Waals surface area contributed by atoms with Crippen LogP contribution in [0.4, 0.5) is 10.5 Å². The van der Waals surface area contributed by atoms with Crippen LogP contribution in [0, 0.1) is 0 Å². The van der Waals surface area contributed by atoms with E-state index in [1.54, 1.807) is 12.1 Å². The summed E-state index contributed by atoms with van der Waals surface area (Å²) < 4.78 is 10.8. The summed E-state index contributed by atoms with van der Waals surface area (Å²) in [5.41, 5.74) is 1.31. The van der Waals surface area contributed by atoms with E-state index in [4.69, 9.17) is 14.6 Å². The molecule has 0 radical (unpaired) electrons. The maximum atomic E-state index is 11.8. The molecular weight excluding hydrogens is 334 g/mol. The van der Waals surface area contributed by atoms with Crippen LogP contribution < -0.4 is 10.1 Å². The second-order valence-electron chi connectivity index (χ2n) is 5.81. The molecule has 1 amide bonds. The van der Waals surface area contributed by atoms with Crippen molar-refractivity contribution in [2.24, 2.45) is 0 Å². The minimum absolute atomic E-state index is 0.00294. The van der Waals surface area contributed by atoms with Gasteiger partial charge in [-0.15, -0.1) is 0 Å². The highest BCUT2D eigenvalue weighted by molar-refractivity contribution is 5.98. The van der Waals surface area contributed by atoms with Crippen molar-refractivity contribution in [1.82, 2.24) is 0 Å². The largest absolute Gasteiger partial charge is 0.490 e. The van der Waals surface area contributed by atoms with Gasteiger partial charge < -0.3 is 14.6 Å². The lowest BCUT2D eigenvalue weighted by Crippen LogP contribution is -2.19. The third-order valence-corrected chi connectivity index (χ3v) is 4.03. The molecule has 0 fully saturated rings. The van der Waals surface area contributed by atoms with E-state index in [9.17, 15) is 9.59 Å². The zero-order valence-corrected chi connectivity index (χ0v) is 14.9. The fraction of sp³-hybridized carbons (Fsp3) is 0.300. The molecule has 0 aromatic heterocycles. The summed E-state index contributed by atoms with van der Waals surface area (Å²) in [6, 6.07) is 13.9. The Morgan fingerprint density at radius 2 is 1.77 bits per heavy atom. The summed E-state index contributed by atoms with van der Waals surface area (Å²) in [5.74, 6) is 0.0379. The molecule has 0 aliphatic rings. The first-order chi connectivity index (χ1) is 12.5. The molecule has 1 unspecified atom stereocenters. The highest BCUT2D eigenvalue weighted by atomic mass is 16.6. The van der Waals surface area contributed by atoms with E-state index in [1.807, 2.05) is 24.3 Å². The van der Waals surface area contributed by atoms with Crippen molar-refractivity contribution >= 4 is 17.7 Å². The average molecular weight is 357 g/mol. The van der Waals surface area contributed by atoms with E-state index in [0.717, 1.165) is 17.7 Å². The van der Waals surface area contributed by atoms with Crippen molar-refractivity contribution in [1.29, 1.82) is 0 Å². The van der Waals surface area contributed by atoms with Gasteiger partial charge in [0.15, 0.2) is 0 Å². The molecule has 0 saturated heterocycles. The normalized spacial score (nSPS) is 11.5. The number of carbonyl (C=O) groups excluding carboxylic acids is 1. The summed E-state index contributed by atoms with van der Waals surface area (Å²) in [6.07, 6.45) is 0.278. The predicted molar refractivity (Wildman–Crippen MR) is 99.0 cm³/mol. The van der Waals surface area contributed by atoms with Crippen LogP contribution >= 0.6 is 0 Å². The highest BCUT2D eigenvalue weighted by Gasteiger charge is 2.13. The lowest BCUT2D eigenvalue weighted by Gasteiger charge is -2.15. The van der Waals surface area contributed by atoms with Crippen molar-refractivity contribution in [2.45, 2.75) is 26.2 Å². The number of benzene rings is 2. The molecule has 6 nitrogen and oxygen atoms in total. The number of hydrogen-bond donors (Lipinski definition) is 2. The number of carboxylic acids is 1. The van der Waals surface area contributed by atoms with Gasteiger partial charge in [-0.1, -0.05) is 44.2 Å². The van der Waals surface area contributed by atoms with Crippen molar-refractivity contribution in [2.75, 3.05) is 18.5 Å². The number of nitrogens with one attached hydrogen (secondary N) is 1. The monoisotopic (exact) mass is 357 g/mol. The van der Waals surface area contributed by atoms with E-state index in [2.05, 4.69) is 19.2 Å². The molecule has 0 bridgehead atoms. The molecule has 26 heavy (non-hydrogen) atoms. The fourth-order valence-electron chi connectivity index (χ4n) is 2.45. The lowest BCUT2D eigenvalue weighted by molar-refractivity contribution is 0.0698. The topological polar surface area (TPSA) is 84.9 Å². The third-order valence-electron chi connectivity index (χ3n) is 4.03. The first-order valence-corrected chi connectivity index (χ1v) is 8.50. The maximum absolute atomic E-state index is 11.8. The van der Waals surface area contributed by atoms with Crippen LogP contribution in [0.15, 0.2) is 48.5 Å². The van der Waals surface area contributed by atoms with Crippen LogP contribution in [0.3, 0.4) is 0 Å². The number of carboxylic acid groups (broad SMARTS) is 1. The van der Waals surface area contributed by atoms with Crippen LogP contribution in [0.5, 0.6) is 5.75 Å². The number of anilines is 1. The average Bonchev–Trinajstić information content (AvgIpc) is 2.65. The second-order valence-corrected chi connectivity index (χ2v) is 5.81. The number of rotatable bonds is 8. The Balaban J connectivity index is 1.84. The minimum Gasteiger partial charge on any atom is -0.490 e. The number of hydrogen-bond acceptors (Lipinski definition) is 4. The number of para-hydroxylation sites is 2. The van der Waals surface area contributed by atoms with Crippen LogP contribution in [-0.2, 0) is 4.74 Å². The van der Waals surface area contributed by atoms with Crippen molar-refractivity contribution in [3.8, 4) is 5.75 Å². The Morgan fingerprint density at radius 3 is 2.50 bits per heavy atom. The van der Waals surface area contributed by atoms with Gasteiger partial charge in [0, 0.05) is 0 Å². The van der Waals surface area contributed by atoms with Gasteiger partial charge in [-0.3, -0.25) is 5.32 Å². The Bertz CT molecular complexity index is 759. The van der Waals surface area contributed by atoms with E-state index < -0.39 is 12.1 Å². The maximum Gasteiger partial charge on any atom is 0.411 e. The van der Waals surface area contributed by atoms with Crippen molar-refractivity contribution in [3.05, 3.63) is 59.7 Å². The first-order valence-electron chi connectivity index (χ1n) is 8.50. The van der Waals surface area contributed by atoms with Gasteiger partial charge in [0.05, 0.1) is 11.3 Å². The smallest absolute Gasteiger partial charge is 0.411 e. The highest BCUT2D eigenvalue weighted by Crippen LogP contribution is 2.28. The number of ether oxygens (including phenoxy) is 2. The van der Waals surface area contributed by atoms with Gasteiger partial charge in [0.25, 0.3) is 0 Å². The standard InChI is InChI=1S/C20H23NO5/c1-3-14(2)15-8-5-7-11-18(15)25-12-13-26-20(24)21-17-10-6-4-9-16(17)19(22)23/h4-11,14H,3,12-13H2,1-2H3,(H,21,24)(H,22,23). The molecule has 0 heterocycles. The van der Waals surface area contributed by atoms with Gasteiger partial charge >= 0.3 is 12.1 Å². The zero-order chi connectivity index (χ0) is 18.9. The van der Waals surface area contributed by atoms with Crippen LogP contribution in [0.2, 0.25) is 0 Å². The quantitative estimate of drug-likeness (QED) is 0.678. The summed E-state index contributed by atoms with van der Waals surface area (Å²) in [6.45, 7) is 4.51. The SMILES string of the molecule is CCC(C)c1ccccc1OCCOC(=O)Nc1ccccc1C(=O)O. The summed E-state index contributed by atoms with van der Waals surface area (Å²) in [4.78, 5) is 23.0. The number of amides is 1. The first kappa shape index (κ1) is 19.3.